The molecule has 0 radical (unpaired) electrons. The molecule has 4 rings (SSSR count). The first kappa shape index (κ1) is 19.8. The molecule has 1 amide bonds. The average molecular weight is 405 g/mol. The first-order chi connectivity index (χ1) is 14.6. The van der Waals surface area contributed by atoms with Crippen molar-refractivity contribution < 1.29 is 9.18 Å². The van der Waals surface area contributed by atoms with Gasteiger partial charge in [0.2, 0.25) is 5.91 Å². The summed E-state index contributed by atoms with van der Waals surface area (Å²) in [5.41, 5.74) is 2.34. The van der Waals surface area contributed by atoms with E-state index < -0.39 is 5.82 Å². The lowest BCUT2D eigenvalue weighted by atomic mass is 10.1. The molecule has 0 saturated carbocycles. The largest absolute Gasteiger partial charge is 0.370 e. The van der Waals surface area contributed by atoms with Crippen molar-refractivity contribution in [3.8, 4) is 0 Å². The van der Waals surface area contributed by atoms with E-state index in [1.807, 2.05) is 25.2 Å². The van der Waals surface area contributed by atoms with Gasteiger partial charge in [-0.2, -0.15) is 0 Å². The van der Waals surface area contributed by atoms with Crippen LogP contribution in [0.25, 0.3) is 0 Å². The summed E-state index contributed by atoms with van der Waals surface area (Å²) in [6.45, 7) is 1.06. The Balaban J connectivity index is 1.54. The molecule has 0 fully saturated rings. The molecule has 0 bridgehead atoms. The van der Waals surface area contributed by atoms with E-state index in [-0.39, 0.29) is 24.7 Å². The molecule has 3 aromatic rings. The normalized spacial score (nSPS) is 13.7. The fraction of sp³-hybridized carbons (Fsp3) is 0.261. The number of anilines is 3. The molecule has 1 N–H and O–H groups in total. The lowest BCUT2D eigenvalue weighted by Crippen LogP contribution is -2.36. The van der Waals surface area contributed by atoms with Crippen molar-refractivity contribution in [2.24, 2.45) is 0 Å². The van der Waals surface area contributed by atoms with Gasteiger partial charge >= 0.3 is 0 Å². The number of amides is 1. The molecule has 1 aliphatic rings. The maximum Gasteiger partial charge on any atom is 0.246 e. The van der Waals surface area contributed by atoms with E-state index in [4.69, 9.17) is 0 Å². The molecule has 0 atom stereocenters. The van der Waals surface area contributed by atoms with Gasteiger partial charge in [-0.25, -0.2) is 14.4 Å². The molecular formula is C23H24FN5O. The summed E-state index contributed by atoms with van der Waals surface area (Å²) in [7, 11) is 1.81. The average Bonchev–Trinajstić information content (AvgIpc) is 2.89. The number of para-hydroxylation sites is 1. The van der Waals surface area contributed by atoms with Crippen LogP contribution in [0.4, 0.5) is 21.7 Å². The molecule has 30 heavy (non-hydrogen) atoms. The van der Waals surface area contributed by atoms with Crippen molar-refractivity contribution in [3.05, 3.63) is 77.9 Å². The molecule has 0 aliphatic carbocycles. The quantitative estimate of drug-likeness (QED) is 0.635. The highest BCUT2D eigenvalue weighted by atomic mass is 19.1. The fourth-order valence-corrected chi connectivity index (χ4v) is 3.67. The summed E-state index contributed by atoms with van der Waals surface area (Å²) in [6, 6.07) is 16.6. The third-order valence-electron chi connectivity index (χ3n) is 5.19. The number of hydrogen-bond donors (Lipinski definition) is 1. The molecule has 0 spiro atoms. The molecule has 154 valence electrons. The molecule has 2 aromatic carbocycles. The Labute approximate surface area is 175 Å². The van der Waals surface area contributed by atoms with Gasteiger partial charge < -0.3 is 15.1 Å². The number of likely N-dealkylation sites (N-methyl/N-ethyl adjacent to an activating group) is 1. The first-order valence-corrected chi connectivity index (χ1v) is 10.0. The number of aryl methyl sites for hydroxylation is 1. The first-order valence-electron chi connectivity index (χ1n) is 10.0. The van der Waals surface area contributed by atoms with Gasteiger partial charge in [0.25, 0.3) is 0 Å². The minimum atomic E-state index is -0.425. The zero-order valence-electron chi connectivity index (χ0n) is 16.9. The van der Waals surface area contributed by atoms with E-state index in [0.29, 0.717) is 11.6 Å². The summed E-state index contributed by atoms with van der Waals surface area (Å²) in [4.78, 5) is 24.9. The second-order valence-corrected chi connectivity index (χ2v) is 7.33. The van der Waals surface area contributed by atoms with Gasteiger partial charge in [-0.3, -0.25) is 4.79 Å². The Bertz CT molecular complexity index is 1030. The highest BCUT2D eigenvalue weighted by Crippen LogP contribution is 2.31. The Morgan fingerprint density at radius 1 is 1.03 bits per heavy atom. The second-order valence-electron chi connectivity index (χ2n) is 7.33. The third-order valence-corrected chi connectivity index (χ3v) is 5.19. The van der Waals surface area contributed by atoms with Gasteiger partial charge in [0.1, 0.15) is 23.8 Å². The molecule has 2 heterocycles. The number of carbonyl (C=O) groups excluding carboxylic acids is 1. The van der Waals surface area contributed by atoms with Gasteiger partial charge in [-0.1, -0.05) is 42.5 Å². The van der Waals surface area contributed by atoms with E-state index >= 15 is 0 Å². The van der Waals surface area contributed by atoms with Crippen LogP contribution in [-0.2, 0) is 17.8 Å². The van der Waals surface area contributed by atoms with Gasteiger partial charge in [-0.05, 0) is 30.5 Å². The smallest absolute Gasteiger partial charge is 0.246 e. The molecule has 0 saturated heterocycles. The summed E-state index contributed by atoms with van der Waals surface area (Å²) in [6.07, 6.45) is 3.40. The number of benzene rings is 2. The maximum atomic E-state index is 14.4. The van der Waals surface area contributed by atoms with E-state index in [9.17, 15) is 9.18 Å². The predicted molar refractivity (Wildman–Crippen MR) is 116 cm³/mol. The lowest BCUT2D eigenvalue weighted by Gasteiger charge is -2.22. The maximum absolute atomic E-state index is 14.4. The minimum absolute atomic E-state index is 0.117. The third kappa shape index (κ3) is 4.25. The minimum Gasteiger partial charge on any atom is -0.370 e. The van der Waals surface area contributed by atoms with Crippen molar-refractivity contribution in [3.63, 3.8) is 0 Å². The van der Waals surface area contributed by atoms with Gasteiger partial charge in [-0.15, -0.1) is 0 Å². The molecule has 7 heteroatoms. The molecule has 1 aliphatic heterocycles. The van der Waals surface area contributed by atoms with Crippen molar-refractivity contribution in [2.75, 3.05) is 35.3 Å². The molecule has 6 nitrogen and oxygen atoms in total. The Morgan fingerprint density at radius 3 is 2.60 bits per heavy atom. The van der Waals surface area contributed by atoms with Crippen LogP contribution in [0.1, 0.15) is 17.5 Å². The number of rotatable bonds is 6. The number of carbonyl (C=O) groups is 1. The Hall–Kier alpha value is -3.48. The van der Waals surface area contributed by atoms with Crippen LogP contribution in [0.3, 0.4) is 0 Å². The Morgan fingerprint density at radius 2 is 1.80 bits per heavy atom. The van der Waals surface area contributed by atoms with Gasteiger partial charge in [0, 0.05) is 13.6 Å². The molecule has 1 aromatic heterocycles. The summed E-state index contributed by atoms with van der Waals surface area (Å²) < 4.78 is 14.4. The number of halogens is 1. The van der Waals surface area contributed by atoms with E-state index in [1.165, 1.54) is 22.9 Å². The molecule has 0 unspecified atom stereocenters. The monoisotopic (exact) mass is 405 g/mol. The highest BCUT2D eigenvalue weighted by Gasteiger charge is 2.29. The van der Waals surface area contributed by atoms with Crippen LogP contribution < -0.4 is 15.1 Å². The van der Waals surface area contributed by atoms with Crippen LogP contribution in [0.5, 0.6) is 0 Å². The van der Waals surface area contributed by atoms with Crippen LogP contribution in [0.15, 0.2) is 60.9 Å². The number of nitrogens with one attached hydrogen (secondary N) is 1. The highest BCUT2D eigenvalue weighted by molar-refractivity contribution is 5.98. The summed E-state index contributed by atoms with van der Waals surface area (Å²) in [5, 5.41) is 3.38. The van der Waals surface area contributed by atoms with Crippen LogP contribution >= 0.6 is 0 Å². The predicted octanol–water partition coefficient (Wildman–Crippen LogP) is 3.64. The topological polar surface area (TPSA) is 61.4 Å². The fourth-order valence-electron chi connectivity index (χ4n) is 3.67. The number of fused-ring (bicyclic) bond motifs is 1. The van der Waals surface area contributed by atoms with Crippen molar-refractivity contribution in [1.29, 1.82) is 0 Å². The SMILES string of the molecule is CN1CC(=O)N(c2ccccc2F)Cc2c(NCCCc3ccccc3)ncnc21. The van der Waals surface area contributed by atoms with Crippen LogP contribution in [-0.4, -0.2) is 36.0 Å². The number of aromatic nitrogens is 2. The van der Waals surface area contributed by atoms with Crippen molar-refractivity contribution in [2.45, 2.75) is 19.4 Å². The van der Waals surface area contributed by atoms with Crippen LogP contribution in [0, 0.1) is 5.82 Å². The number of nitrogens with zero attached hydrogens (tertiary/aromatic N) is 4. The lowest BCUT2D eigenvalue weighted by molar-refractivity contribution is -0.117. The second kappa shape index (κ2) is 8.90. The Kier molecular flexibility index (Phi) is 5.88. The molecular weight excluding hydrogens is 381 g/mol. The zero-order valence-corrected chi connectivity index (χ0v) is 16.9. The van der Waals surface area contributed by atoms with Crippen molar-refractivity contribution in [1.82, 2.24) is 9.97 Å². The van der Waals surface area contributed by atoms with E-state index in [0.717, 1.165) is 24.9 Å². The summed E-state index contributed by atoms with van der Waals surface area (Å²) >= 11 is 0. The van der Waals surface area contributed by atoms with Gasteiger partial charge in [0.05, 0.1) is 24.3 Å². The van der Waals surface area contributed by atoms with E-state index in [1.54, 1.807) is 23.1 Å². The van der Waals surface area contributed by atoms with Crippen LogP contribution in [0.2, 0.25) is 0 Å². The number of hydrogen-bond acceptors (Lipinski definition) is 5. The summed E-state index contributed by atoms with van der Waals surface area (Å²) in [5.74, 6) is 0.750. The zero-order chi connectivity index (χ0) is 20.9. The van der Waals surface area contributed by atoms with Gasteiger partial charge in [0.15, 0.2) is 0 Å². The standard InChI is InChI=1S/C23H24FN5O/c1-28-15-21(30)29(20-12-6-5-11-19(20)24)14-18-22(26-16-27-23(18)28)25-13-7-10-17-8-3-2-4-9-17/h2-6,8-9,11-12,16H,7,10,13-15H2,1H3,(H,25,26,27). The van der Waals surface area contributed by atoms with E-state index in [2.05, 4.69) is 27.4 Å². The van der Waals surface area contributed by atoms with Crippen molar-refractivity contribution >= 4 is 23.2 Å².